The Labute approximate surface area is 154 Å². The number of ether oxygens (including phenoxy) is 1. The molecule has 0 spiro atoms. The van der Waals surface area contributed by atoms with Crippen molar-refractivity contribution in [3.63, 3.8) is 0 Å². The fourth-order valence-electron chi connectivity index (χ4n) is 2.73. The van der Waals surface area contributed by atoms with Crippen LogP contribution in [-0.2, 0) is 0 Å². The molecule has 4 rings (SSSR count). The standard InChI is InChI=1S/C19H17ClN2O2S/c20-15-6-2-4-8-17(15)24-11-12-25-19-21-16-7-3-1-5-14(16)18(23)22(19)13-9-10-13/h1-8,13H,9-12H2. The van der Waals surface area contributed by atoms with Crippen LogP contribution in [0.15, 0.2) is 58.5 Å². The summed E-state index contributed by atoms with van der Waals surface area (Å²) < 4.78 is 7.57. The molecule has 1 aliphatic carbocycles. The molecule has 0 unspecified atom stereocenters. The van der Waals surface area contributed by atoms with Crippen LogP contribution in [0, 0.1) is 0 Å². The molecule has 0 aliphatic heterocycles. The van der Waals surface area contributed by atoms with E-state index in [1.807, 2.05) is 47.0 Å². The summed E-state index contributed by atoms with van der Waals surface area (Å²) >= 11 is 7.65. The van der Waals surface area contributed by atoms with Crippen molar-refractivity contribution in [1.82, 2.24) is 9.55 Å². The molecule has 2 aromatic carbocycles. The topological polar surface area (TPSA) is 44.1 Å². The van der Waals surface area contributed by atoms with E-state index in [1.54, 1.807) is 17.8 Å². The number of halogens is 1. The average molecular weight is 373 g/mol. The van der Waals surface area contributed by atoms with Gasteiger partial charge in [0.25, 0.3) is 5.56 Å². The van der Waals surface area contributed by atoms with E-state index >= 15 is 0 Å². The summed E-state index contributed by atoms with van der Waals surface area (Å²) in [6.07, 6.45) is 2.09. The number of hydrogen-bond donors (Lipinski definition) is 0. The maximum Gasteiger partial charge on any atom is 0.262 e. The first-order valence-corrected chi connectivity index (χ1v) is 9.62. The highest BCUT2D eigenvalue weighted by molar-refractivity contribution is 7.99. The number of benzene rings is 2. The lowest BCUT2D eigenvalue weighted by molar-refractivity contribution is 0.344. The summed E-state index contributed by atoms with van der Waals surface area (Å²) in [5, 5.41) is 2.06. The molecule has 3 aromatic rings. The molecule has 1 saturated carbocycles. The van der Waals surface area contributed by atoms with Crippen molar-refractivity contribution in [3.8, 4) is 5.75 Å². The first-order valence-electron chi connectivity index (χ1n) is 8.25. The smallest absolute Gasteiger partial charge is 0.262 e. The fourth-order valence-corrected chi connectivity index (χ4v) is 3.80. The second-order valence-electron chi connectivity index (χ2n) is 5.95. The van der Waals surface area contributed by atoms with Gasteiger partial charge in [-0.15, -0.1) is 0 Å². The molecule has 1 aromatic heterocycles. The normalized spacial score (nSPS) is 14.0. The van der Waals surface area contributed by atoms with Crippen LogP contribution in [-0.4, -0.2) is 21.9 Å². The predicted molar refractivity (Wildman–Crippen MR) is 102 cm³/mol. The van der Waals surface area contributed by atoms with Gasteiger partial charge in [0.05, 0.1) is 22.5 Å². The van der Waals surface area contributed by atoms with Crippen molar-refractivity contribution in [2.24, 2.45) is 0 Å². The Balaban J connectivity index is 1.52. The Bertz CT molecular complexity index is 969. The minimum atomic E-state index is 0.0580. The van der Waals surface area contributed by atoms with Crippen LogP contribution in [0.25, 0.3) is 10.9 Å². The highest BCUT2D eigenvalue weighted by Crippen LogP contribution is 2.36. The molecule has 0 amide bonds. The van der Waals surface area contributed by atoms with Crippen molar-refractivity contribution in [2.45, 2.75) is 24.0 Å². The van der Waals surface area contributed by atoms with Gasteiger partial charge in [0, 0.05) is 11.8 Å². The predicted octanol–water partition coefficient (Wildman–Crippen LogP) is 4.56. The van der Waals surface area contributed by atoms with Crippen molar-refractivity contribution < 1.29 is 4.74 Å². The third-order valence-corrected chi connectivity index (χ3v) is 5.33. The summed E-state index contributed by atoms with van der Waals surface area (Å²) in [6, 6.07) is 15.2. The lowest BCUT2D eigenvalue weighted by atomic mass is 10.2. The molecule has 0 bridgehead atoms. The molecule has 1 aliphatic rings. The fraction of sp³-hybridized carbons (Fsp3) is 0.263. The van der Waals surface area contributed by atoms with E-state index in [0.717, 1.165) is 23.5 Å². The van der Waals surface area contributed by atoms with Gasteiger partial charge in [-0.1, -0.05) is 47.6 Å². The van der Waals surface area contributed by atoms with Crippen molar-refractivity contribution in [1.29, 1.82) is 0 Å². The van der Waals surface area contributed by atoms with Gasteiger partial charge in [-0.05, 0) is 37.1 Å². The molecular weight excluding hydrogens is 356 g/mol. The first-order chi connectivity index (χ1) is 12.2. The summed E-state index contributed by atoms with van der Waals surface area (Å²) in [7, 11) is 0. The molecule has 25 heavy (non-hydrogen) atoms. The molecule has 0 N–H and O–H groups in total. The van der Waals surface area contributed by atoms with Crippen LogP contribution in [0.1, 0.15) is 18.9 Å². The van der Waals surface area contributed by atoms with Gasteiger partial charge in [-0.2, -0.15) is 0 Å². The minimum absolute atomic E-state index is 0.0580. The van der Waals surface area contributed by atoms with E-state index in [-0.39, 0.29) is 11.6 Å². The van der Waals surface area contributed by atoms with Crippen LogP contribution >= 0.6 is 23.4 Å². The first kappa shape index (κ1) is 16.5. The highest BCUT2D eigenvalue weighted by atomic mass is 35.5. The quantitative estimate of drug-likeness (QED) is 0.361. The summed E-state index contributed by atoms with van der Waals surface area (Å²) in [5.41, 5.74) is 0.807. The number of hydrogen-bond acceptors (Lipinski definition) is 4. The molecule has 0 atom stereocenters. The third kappa shape index (κ3) is 3.53. The van der Waals surface area contributed by atoms with Crippen molar-refractivity contribution in [2.75, 3.05) is 12.4 Å². The Morgan fingerprint density at radius 3 is 2.72 bits per heavy atom. The lowest BCUT2D eigenvalue weighted by Crippen LogP contribution is -2.22. The van der Waals surface area contributed by atoms with Crippen LogP contribution in [0.2, 0.25) is 5.02 Å². The van der Waals surface area contributed by atoms with Gasteiger partial charge in [-0.25, -0.2) is 4.98 Å². The van der Waals surface area contributed by atoms with Gasteiger partial charge < -0.3 is 4.74 Å². The highest BCUT2D eigenvalue weighted by Gasteiger charge is 2.28. The monoisotopic (exact) mass is 372 g/mol. The molecule has 128 valence electrons. The Morgan fingerprint density at radius 2 is 1.92 bits per heavy atom. The molecule has 0 radical (unpaired) electrons. The van der Waals surface area contributed by atoms with E-state index in [9.17, 15) is 4.79 Å². The average Bonchev–Trinajstić information content (AvgIpc) is 3.45. The van der Waals surface area contributed by atoms with Crippen LogP contribution in [0.5, 0.6) is 5.75 Å². The SMILES string of the molecule is O=c1c2ccccc2nc(SCCOc2ccccc2Cl)n1C1CC1. The molecule has 1 fully saturated rings. The summed E-state index contributed by atoms with van der Waals surface area (Å²) in [6.45, 7) is 0.502. The second kappa shape index (κ2) is 7.10. The second-order valence-corrected chi connectivity index (χ2v) is 7.41. The zero-order valence-corrected chi connectivity index (χ0v) is 15.1. The largest absolute Gasteiger partial charge is 0.491 e. The van der Waals surface area contributed by atoms with E-state index in [4.69, 9.17) is 21.3 Å². The van der Waals surface area contributed by atoms with Crippen LogP contribution < -0.4 is 10.3 Å². The maximum atomic E-state index is 12.8. The van der Waals surface area contributed by atoms with Gasteiger partial charge in [0.15, 0.2) is 5.16 Å². The molecule has 0 saturated heterocycles. The number of fused-ring (bicyclic) bond motifs is 1. The Kier molecular flexibility index (Phi) is 4.68. The van der Waals surface area contributed by atoms with Gasteiger partial charge in [-0.3, -0.25) is 9.36 Å². The Morgan fingerprint density at radius 1 is 1.16 bits per heavy atom. The zero-order valence-electron chi connectivity index (χ0n) is 13.5. The lowest BCUT2D eigenvalue weighted by Gasteiger charge is -2.12. The molecule has 1 heterocycles. The van der Waals surface area contributed by atoms with E-state index < -0.39 is 0 Å². The van der Waals surface area contributed by atoms with Crippen LogP contribution in [0.3, 0.4) is 0 Å². The number of thioether (sulfide) groups is 1. The van der Waals surface area contributed by atoms with E-state index in [2.05, 4.69) is 0 Å². The van der Waals surface area contributed by atoms with E-state index in [1.165, 1.54) is 0 Å². The van der Waals surface area contributed by atoms with Gasteiger partial charge >= 0.3 is 0 Å². The minimum Gasteiger partial charge on any atom is -0.491 e. The number of nitrogens with zero attached hydrogens (tertiary/aromatic N) is 2. The summed E-state index contributed by atoms with van der Waals surface area (Å²) in [4.78, 5) is 17.5. The molecular formula is C19H17ClN2O2S. The third-order valence-electron chi connectivity index (χ3n) is 4.10. The zero-order chi connectivity index (χ0) is 17.2. The number of para-hydroxylation sites is 2. The summed E-state index contributed by atoms with van der Waals surface area (Å²) in [5.74, 6) is 1.37. The van der Waals surface area contributed by atoms with E-state index in [0.29, 0.717) is 28.5 Å². The van der Waals surface area contributed by atoms with Crippen molar-refractivity contribution in [3.05, 3.63) is 63.9 Å². The Hall–Kier alpha value is -1.98. The molecule has 4 nitrogen and oxygen atoms in total. The van der Waals surface area contributed by atoms with Crippen LogP contribution in [0.4, 0.5) is 0 Å². The molecule has 6 heteroatoms. The maximum absolute atomic E-state index is 12.8. The van der Waals surface area contributed by atoms with Gasteiger partial charge in [0.1, 0.15) is 5.75 Å². The number of aromatic nitrogens is 2. The number of rotatable bonds is 6. The van der Waals surface area contributed by atoms with Crippen molar-refractivity contribution >= 4 is 34.3 Å². The van der Waals surface area contributed by atoms with Gasteiger partial charge in [0.2, 0.25) is 0 Å².